The normalized spacial score (nSPS) is 12.6. The van der Waals surface area contributed by atoms with Gasteiger partial charge in [-0.25, -0.2) is 0 Å². The Balaban J connectivity index is 2.87. The number of hydrogen-bond donors (Lipinski definition) is 1. The lowest BCUT2D eigenvalue weighted by Gasteiger charge is -2.08. The van der Waals surface area contributed by atoms with Crippen LogP contribution in [0.15, 0.2) is 6.20 Å². The van der Waals surface area contributed by atoms with Crippen molar-refractivity contribution in [3.8, 4) is 0 Å². The van der Waals surface area contributed by atoms with Gasteiger partial charge in [-0.15, -0.1) is 0 Å². The zero-order valence-electron chi connectivity index (χ0n) is 7.53. The molecule has 1 atom stereocenters. The number of carbonyl (C=O) groups excluding carboxylic acids is 1. The standard InChI is InChI=1S/C8H13N3O/c1-6(9-5-12)8-4-10-11(3)7(8)2/h4-6H,1-3H3,(H,9,12). The van der Waals surface area contributed by atoms with Crippen LogP contribution in [0.25, 0.3) is 0 Å². The molecular weight excluding hydrogens is 154 g/mol. The van der Waals surface area contributed by atoms with Crippen LogP contribution in [-0.2, 0) is 11.8 Å². The topological polar surface area (TPSA) is 46.9 Å². The van der Waals surface area contributed by atoms with Gasteiger partial charge in [0.1, 0.15) is 0 Å². The van der Waals surface area contributed by atoms with Crippen LogP contribution in [0.5, 0.6) is 0 Å². The summed E-state index contributed by atoms with van der Waals surface area (Å²) in [5.41, 5.74) is 2.14. The lowest BCUT2D eigenvalue weighted by Crippen LogP contribution is -2.16. The van der Waals surface area contributed by atoms with Crippen molar-refractivity contribution in [3.05, 3.63) is 17.5 Å². The van der Waals surface area contributed by atoms with E-state index in [-0.39, 0.29) is 6.04 Å². The maximum atomic E-state index is 10.2. The van der Waals surface area contributed by atoms with E-state index in [9.17, 15) is 4.79 Å². The number of amides is 1. The SMILES string of the molecule is Cc1c(C(C)NC=O)cnn1C. The number of hydrogen-bond acceptors (Lipinski definition) is 2. The number of aromatic nitrogens is 2. The average Bonchev–Trinajstić information content (AvgIpc) is 2.34. The largest absolute Gasteiger partial charge is 0.352 e. The minimum Gasteiger partial charge on any atom is -0.352 e. The molecule has 1 amide bonds. The molecule has 1 N–H and O–H groups in total. The van der Waals surface area contributed by atoms with Crippen LogP contribution < -0.4 is 5.32 Å². The van der Waals surface area contributed by atoms with Gasteiger partial charge in [0.15, 0.2) is 0 Å². The number of nitrogens with zero attached hydrogens (tertiary/aromatic N) is 2. The molecule has 1 rings (SSSR count). The smallest absolute Gasteiger partial charge is 0.207 e. The third-order valence-electron chi connectivity index (χ3n) is 2.06. The second-order valence-electron chi connectivity index (χ2n) is 2.82. The molecule has 1 heterocycles. The predicted octanol–water partition coefficient (Wildman–Crippen LogP) is 0.536. The summed E-state index contributed by atoms with van der Waals surface area (Å²) in [5.74, 6) is 0. The molecule has 12 heavy (non-hydrogen) atoms. The van der Waals surface area contributed by atoms with Gasteiger partial charge in [-0.2, -0.15) is 5.10 Å². The summed E-state index contributed by atoms with van der Waals surface area (Å²) in [6.07, 6.45) is 2.48. The van der Waals surface area contributed by atoms with Crippen LogP contribution in [0.4, 0.5) is 0 Å². The molecule has 4 heteroatoms. The third kappa shape index (κ3) is 1.47. The first-order valence-electron chi connectivity index (χ1n) is 3.85. The van der Waals surface area contributed by atoms with E-state index in [1.165, 1.54) is 0 Å². The summed E-state index contributed by atoms with van der Waals surface area (Å²) in [6, 6.07) is 0.0381. The van der Waals surface area contributed by atoms with Crippen molar-refractivity contribution < 1.29 is 4.79 Å². The monoisotopic (exact) mass is 167 g/mol. The van der Waals surface area contributed by atoms with E-state index in [0.29, 0.717) is 6.41 Å². The fraction of sp³-hybridized carbons (Fsp3) is 0.500. The molecule has 0 fully saturated rings. The molecule has 1 unspecified atom stereocenters. The van der Waals surface area contributed by atoms with E-state index in [2.05, 4.69) is 10.4 Å². The van der Waals surface area contributed by atoms with Crippen molar-refractivity contribution in [2.24, 2.45) is 7.05 Å². The molecule has 0 radical (unpaired) electrons. The van der Waals surface area contributed by atoms with Crippen molar-refractivity contribution in [3.63, 3.8) is 0 Å². The highest BCUT2D eigenvalue weighted by molar-refractivity contribution is 5.47. The lowest BCUT2D eigenvalue weighted by atomic mass is 10.1. The molecule has 0 saturated carbocycles. The fourth-order valence-corrected chi connectivity index (χ4v) is 1.13. The lowest BCUT2D eigenvalue weighted by molar-refractivity contribution is -0.110. The van der Waals surface area contributed by atoms with Gasteiger partial charge in [0.05, 0.1) is 12.2 Å². The van der Waals surface area contributed by atoms with E-state index in [1.54, 1.807) is 10.9 Å². The minimum atomic E-state index is 0.0381. The van der Waals surface area contributed by atoms with E-state index >= 15 is 0 Å². The van der Waals surface area contributed by atoms with Gasteiger partial charge in [-0.1, -0.05) is 0 Å². The third-order valence-corrected chi connectivity index (χ3v) is 2.06. The molecular formula is C8H13N3O. The summed E-state index contributed by atoms with van der Waals surface area (Å²) in [4.78, 5) is 10.2. The van der Waals surface area contributed by atoms with Crippen LogP contribution in [0, 0.1) is 6.92 Å². The Labute approximate surface area is 71.6 Å². The molecule has 1 aromatic rings. The Morgan fingerprint density at radius 1 is 1.75 bits per heavy atom. The first kappa shape index (κ1) is 8.77. The summed E-state index contributed by atoms with van der Waals surface area (Å²) in [7, 11) is 1.88. The van der Waals surface area contributed by atoms with Crippen LogP contribution in [0.2, 0.25) is 0 Å². The van der Waals surface area contributed by atoms with Crippen LogP contribution in [-0.4, -0.2) is 16.2 Å². The van der Waals surface area contributed by atoms with E-state index in [1.807, 2.05) is 20.9 Å². The van der Waals surface area contributed by atoms with Crippen molar-refractivity contribution in [2.75, 3.05) is 0 Å². The number of aryl methyl sites for hydroxylation is 1. The number of rotatable bonds is 3. The van der Waals surface area contributed by atoms with Gasteiger partial charge in [0.25, 0.3) is 0 Å². The highest BCUT2D eigenvalue weighted by Gasteiger charge is 2.09. The van der Waals surface area contributed by atoms with E-state index in [4.69, 9.17) is 0 Å². The Hall–Kier alpha value is -1.32. The first-order chi connectivity index (χ1) is 5.66. The summed E-state index contributed by atoms with van der Waals surface area (Å²) >= 11 is 0. The minimum absolute atomic E-state index is 0.0381. The number of nitrogens with one attached hydrogen (secondary N) is 1. The van der Waals surface area contributed by atoms with Gasteiger partial charge >= 0.3 is 0 Å². The van der Waals surface area contributed by atoms with Crippen LogP contribution >= 0.6 is 0 Å². The highest BCUT2D eigenvalue weighted by atomic mass is 16.1. The zero-order chi connectivity index (χ0) is 9.14. The maximum absolute atomic E-state index is 10.2. The Kier molecular flexibility index (Phi) is 2.47. The molecule has 0 saturated heterocycles. The van der Waals surface area contributed by atoms with E-state index in [0.717, 1.165) is 11.3 Å². The van der Waals surface area contributed by atoms with Crippen molar-refractivity contribution in [1.29, 1.82) is 0 Å². The van der Waals surface area contributed by atoms with Crippen LogP contribution in [0.3, 0.4) is 0 Å². The van der Waals surface area contributed by atoms with E-state index < -0.39 is 0 Å². The molecule has 4 nitrogen and oxygen atoms in total. The molecule has 0 aliphatic rings. The molecule has 0 aromatic carbocycles. The van der Waals surface area contributed by atoms with Crippen molar-refractivity contribution in [1.82, 2.24) is 15.1 Å². The molecule has 0 spiro atoms. The second kappa shape index (κ2) is 3.38. The molecule has 0 aliphatic heterocycles. The van der Waals surface area contributed by atoms with Gasteiger partial charge in [-0.3, -0.25) is 9.48 Å². The summed E-state index contributed by atoms with van der Waals surface area (Å²) in [5, 5.41) is 6.76. The van der Waals surface area contributed by atoms with Crippen LogP contribution in [0.1, 0.15) is 24.2 Å². The summed E-state index contributed by atoms with van der Waals surface area (Å²) in [6.45, 7) is 3.91. The van der Waals surface area contributed by atoms with Gasteiger partial charge < -0.3 is 5.32 Å². The van der Waals surface area contributed by atoms with Crippen molar-refractivity contribution >= 4 is 6.41 Å². The molecule has 66 valence electrons. The molecule has 0 bridgehead atoms. The Bertz CT molecular complexity index is 280. The fourth-order valence-electron chi connectivity index (χ4n) is 1.13. The maximum Gasteiger partial charge on any atom is 0.207 e. The van der Waals surface area contributed by atoms with Gasteiger partial charge in [-0.05, 0) is 13.8 Å². The molecule has 1 aromatic heterocycles. The average molecular weight is 167 g/mol. The first-order valence-corrected chi connectivity index (χ1v) is 3.85. The molecule has 0 aliphatic carbocycles. The highest BCUT2D eigenvalue weighted by Crippen LogP contribution is 2.14. The Morgan fingerprint density at radius 2 is 2.42 bits per heavy atom. The predicted molar refractivity (Wildman–Crippen MR) is 45.6 cm³/mol. The second-order valence-corrected chi connectivity index (χ2v) is 2.82. The zero-order valence-corrected chi connectivity index (χ0v) is 7.53. The summed E-state index contributed by atoms with van der Waals surface area (Å²) < 4.78 is 1.79. The number of carbonyl (C=O) groups is 1. The van der Waals surface area contributed by atoms with Crippen molar-refractivity contribution in [2.45, 2.75) is 19.9 Å². The quantitative estimate of drug-likeness (QED) is 0.668. The van der Waals surface area contributed by atoms with Gasteiger partial charge in [0.2, 0.25) is 6.41 Å². The van der Waals surface area contributed by atoms with Gasteiger partial charge in [0, 0.05) is 18.3 Å². The Morgan fingerprint density at radius 3 is 2.83 bits per heavy atom.